The topological polar surface area (TPSA) is 87.2 Å². The van der Waals surface area contributed by atoms with Gasteiger partial charge in [0, 0.05) is 17.5 Å². The molecule has 4 rings (SSSR count). The third-order valence-corrected chi connectivity index (χ3v) is 5.17. The van der Waals surface area contributed by atoms with Gasteiger partial charge in [-0.3, -0.25) is 4.98 Å². The molecule has 0 radical (unpaired) electrons. The van der Waals surface area contributed by atoms with E-state index in [1.807, 2.05) is 30.5 Å². The molecule has 0 saturated carbocycles. The number of halogens is 2. The molecule has 4 aromatic rings. The van der Waals surface area contributed by atoms with Crippen LogP contribution < -0.4 is 10.1 Å². The molecule has 31 heavy (non-hydrogen) atoms. The first-order valence-corrected chi connectivity index (χ1v) is 9.78. The molecule has 0 amide bonds. The molecular weight excluding hydrogens is 408 g/mol. The van der Waals surface area contributed by atoms with Crippen LogP contribution in [0.4, 0.5) is 8.78 Å². The SMILES string of the molecule is CNCc1nc2cnc3cc(-c4c(C)noc4C)c(OC)cc3c2n1CCOC(F)F. The van der Waals surface area contributed by atoms with Gasteiger partial charge < -0.3 is 23.9 Å². The van der Waals surface area contributed by atoms with Gasteiger partial charge in [-0.25, -0.2) is 4.98 Å². The summed E-state index contributed by atoms with van der Waals surface area (Å²) in [5, 5.41) is 7.90. The first-order chi connectivity index (χ1) is 14.9. The maximum Gasteiger partial charge on any atom is 0.345 e. The smallest absolute Gasteiger partial charge is 0.345 e. The Kier molecular flexibility index (Phi) is 5.84. The first kappa shape index (κ1) is 21.1. The third-order valence-electron chi connectivity index (χ3n) is 5.17. The molecule has 0 fully saturated rings. The fourth-order valence-corrected chi connectivity index (χ4v) is 3.89. The molecule has 0 unspecified atom stereocenters. The van der Waals surface area contributed by atoms with Crippen molar-refractivity contribution >= 4 is 21.9 Å². The molecule has 0 saturated heterocycles. The second-order valence-electron chi connectivity index (χ2n) is 7.10. The number of aryl methyl sites for hydroxylation is 2. The molecule has 164 valence electrons. The highest BCUT2D eigenvalue weighted by Gasteiger charge is 2.20. The Morgan fingerprint density at radius 1 is 1.23 bits per heavy atom. The highest BCUT2D eigenvalue weighted by molar-refractivity contribution is 6.05. The second kappa shape index (κ2) is 8.56. The minimum absolute atomic E-state index is 0.141. The van der Waals surface area contributed by atoms with E-state index in [2.05, 4.69) is 25.2 Å². The van der Waals surface area contributed by atoms with E-state index in [1.54, 1.807) is 20.4 Å². The van der Waals surface area contributed by atoms with E-state index in [4.69, 9.17) is 9.26 Å². The summed E-state index contributed by atoms with van der Waals surface area (Å²) in [6.45, 7) is 1.45. The Bertz CT molecular complexity index is 1220. The van der Waals surface area contributed by atoms with Crippen molar-refractivity contribution in [3.8, 4) is 16.9 Å². The standard InChI is InChI=1S/C21H23F2N5O3/c1-11-19(12(2)31-27-11)14-7-15-13(8-17(14)29-4)20-16(9-25-15)26-18(10-24-3)28(20)5-6-30-21(22)23/h7-9,21,24H,5-6,10H2,1-4H3. The minimum atomic E-state index is -2.82. The van der Waals surface area contributed by atoms with Gasteiger partial charge in [0.05, 0.1) is 48.7 Å². The Morgan fingerprint density at radius 2 is 2.03 bits per heavy atom. The number of methoxy groups -OCH3 is 1. The van der Waals surface area contributed by atoms with Crippen LogP contribution in [0.3, 0.4) is 0 Å². The Hall–Kier alpha value is -3.11. The number of aromatic nitrogens is 4. The van der Waals surface area contributed by atoms with Gasteiger partial charge in [-0.15, -0.1) is 0 Å². The van der Waals surface area contributed by atoms with Crippen molar-refractivity contribution in [3.05, 3.63) is 35.6 Å². The summed E-state index contributed by atoms with van der Waals surface area (Å²) in [6.07, 6.45) is 1.69. The molecule has 8 nitrogen and oxygen atoms in total. The molecule has 0 aliphatic rings. The summed E-state index contributed by atoms with van der Waals surface area (Å²) in [4.78, 5) is 9.22. The summed E-state index contributed by atoms with van der Waals surface area (Å²) in [5.41, 5.74) is 4.60. The van der Waals surface area contributed by atoms with E-state index in [-0.39, 0.29) is 13.2 Å². The van der Waals surface area contributed by atoms with Crippen LogP contribution in [0.5, 0.6) is 5.75 Å². The van der Waals surface area contributed by atoms with Crippen LogP contribution in [0.15, 0.2) is 22.9 Å². The maximum atomic E-state index is 12.5. The van der Waals surface area contributed by atoms with Crippen LogP contribution in [-0.4, -0.2) is 47.1 Å². The number of nitrogens with one attached hydrogen (secondary N) is 1. The summed E-state index contributed by atoms with van der Waals surface area (Å²) in [7, 11) is 3.39. The number of imidazole rings is 1. The zero-order valence-corrected chi connectivity index (χ0v) is 17.7. The van der Waals surface area contributed by atoms with Crippen LogP contribution in [0.2, 0.25) is 0 Å². The zero-order valence-electron chi connectivity index (χ0n) is 17.7. The number of nitrogens with zero attached hydrogens (tertiary/aromatic N) is 4. The molecular formula is C21H23F2N5O3. The molecule has 1 aromatic carbocycles. The van der Waals surface area contributed by atoms with Crippen molar-refractivity contribution < 1.29 is 22.8 Å². The van der Waals surface area contributed by atoms with Crippen molar-refractivity contribution in [2.45, 2.75) is 33.5 Å². The summed E-state index contributed by atoms with van der Waals surface area (Å²) in [6, 6.07) is 3.81. The van der Waals surface area contributed by atoms with E-state index >= 15 is 0 Å². The molecule has 0 aliphatic carbocycles. The summed E-state index contributed by atoms with van der Waals surface area (Å²) in [5.74, 6) is 2.02. The van der Waals surface area contributed by atoms with E-state index in [9.17, 15) is 8.78 Å². The lowest BCUT2D eigenvalue weighted by Crippen LogP contribution is -2.16. The average molecular weight is 431 g/mol. The van der Waals surface area contributed by atoms with Gasteiger partial charge in [0.25, 0.3) is 0 Å². The molecule has 0 bridgehead atoms. The monoisotopic (exact) mass is 431 g/mol. The lowest BCUT2D eigenvalue weighted by Gasteiger charge is -2.13. The normalized spacial score (nSPS) is 11.8. The van der Waals surface area contributed by atoms with E-state index < -0.39 is 6.61 Å². The molecule has 1 N–H and O–H groups in total. The molecule has 0 spiro atoms. The lowest BCUT2D eigenvalue weighted by molar-refractivity contribution is -0.130. The minimum Gasteiger partial charge on any atom is -0.496 e. The lowest BCUT2D eigenvalue weighted by atomic mass is 10.0. The van der Waals surface area contributed by atoms with Gasteiger partial charge in [0.15, 0.2) is 0 Å². The van der Waals surface area contributed by atoms with Gasteiger partial charge in [-0.1, -0.05) is 5.16 Å². The number of benzene rings is 1. The molecule has 3 aromatic heterocycles. The maximum absolute atomic E-state index is 12.5. The highest BCUT2D eigenvalue weighted by atomic mass is 19.3. The Morgan fingerprint density at radius 3 is 2.68 bits per heavy atom. The van der Waals surface area contributed by atoms with Crippen molar-refractivity contribution in [1.29, 1.82) is 0 Å². The average Bonchev–Trinajstić information content (AvgIpc) is 3.26. The fraction of sp³-hybridized carbons (Fsp3) is 0.381. The van der Waals surface area contributed by atoms with Crippen LogP contribution in [-0.2, 0) is 17.8 Å². The van der Waals surface area contributed by atoms with Gasteiger partial charge >= 0.3 is 6.61 Å². The zero-order chi connectivity index (χ0) is 22.1. The van der Waals surface area contributed by atoms with Crippen LogP contribution in [0.1, 0.15) is 17.3 Å². The highest BCUT2D eigenvalue weighted by Crippen LogP contribution is 2.39. The van der Waals surface area contributed by atoms with E-state index in [0.29, 0.717) is 29.4 Å². The third kappa shape index (κ3) is 3.84. The summed E-state index contributed by atoms with van der Waals surface area (Å²) < 4.78 is 42.4. The van der Waals surface area contributed by atoms with Gasteiger partial charge in [-0.05, 0) is 33.0 Å². The fourth-order valence-electron chi connectivity index (χ4n) is 3.89. The first-order valence-electron chi connectivity index (χ1n) is 9.78. The number of pyridine rings is 1. The largest absolute Gasteiger partial charge is 0.496 e. The van der Waals surface area contributed by atoms with Crippen molar-refractivity contribution in [2.75, 3.05) is 20.8 Å². The van der Waals surface area contributed by atoms with E-state index in [1.165, 1.54) is 0 Å². The summed E-state index contributed by atoms with van der Waals surface area (Å²) >= 11 is 0. The van der Waals surface area contributed by atoms with E-state index in [0.717, 1.165) is 33.2 Å². The van der Waals surface area contributed by atoms with Crippen LogP contribution in [0, 0.1) is 13.8 Å². The number of rotatable bonds is 8. The van der Waals surface area contributed by atoms with Gasteiger partial charge in [-0.2, -0.15) is 8.78 Å². The predicted octanol–water partition coefficient (Wildman–Crippen LogP) is 3.82. The van der Waals surface area contributed by atoms with Gasteiger partial charge in [0.2, 0.25) is 0 Å². The number of hydrogen-bond donors (Lipinski definition) is 1. The molecule has 3 heterocycles. The number of fused-ring (bicyclic) bond motifs is 3. The Balaban J connectivity index is 1.93. The molecule has 0 aliphatic heterocycles. The predicted molar refractivity (Wildman–Crippen MR) is 111 cm³/mol. The molecule has 10 heteroatoms. The van der Waals surface area contributed by atoms with Crippen LogP contribution >= 0.6 is 0 Å². The van der Waals surface area contributed by atoms with Crippen molar-refractivity contribution in [2.24, 2.45) is 0 Å². The number of ether oxygens (including phenoxy) is 2. The number of hydrogen-bond acceptors (Lipinski definition) is 7. The Labute approximate surface area is 177 Å². The van der Waals surface area contributed by atoms with Crippen molar-refractivity contribution in [1.82, 2.24) is 25.0 Å². The van der Waals surface area contributed by atoms with Gasteiger partial charge in [0.1, 0.15) is 22.9 Å². The number of alkyl halides is 2. The molecule has 0 atom stereocenters. The quantitative estimate of drug-likeness (QED) is 0.454. The van der Waals surface area contributed by atoms with Crippen LogP contribution in [0.25, 0.3) is 33.1 Å². The second-order valence-corrected chi connectivity index (χ2v) is 7.10. The van der Waals surface area contributed by atoms with Crippen molar-refractivity contribution in [3.63, 3.8) is 0 Å².